The molecule has 0 saturated carbocycles. The van der Waals surface area contributed by atoms with Gasteiger partial charge in [0.05, 0.1) is 5.69 Å². The molecule has 132 valence electrons. The first-order valence-corrected chi connectivity index (χ1v) is 9.18. The van der Waals surface area contributed by atoms with Crippen molar-refractivity contribution in [3.05, 3.63) is 41.3 Å². The molecule has 1 saturated heterocycles. The average Bonchev–Trinajstić information content (AvgIpc) is 2.91. The molecule has 0 radical (unpaired) electrons. The second-order valence-electron chi connectivity index (χ2n) is 5.92. The molecular formula is C16H17N3O5S. The van der Waals surface area contributed by atoms with Crippen molar-refractivity contribution in [2.75, 3.05) is 11.8 Å². The predicted octanol–water partition coefficient (Wildman–Crippen LogP) is 0.890. The number of anilines is 1. The lowest BCUT2D eigenvalue weighted by Gasteiger charge is -2.33. The molecule has 1 aromatic rings. The van der Waals surface area contributed by atoms with Gasteiger partial charge in [-0.3, -0.25) is 19.3 Å². The van der Waals surface area contributed by atoms with Crippen molar-refractivity contribution in [1.82, 2.24) is 9.80 Å². The van der Waals surface area contributed by atoms with Crippen molar-refractivity contribution in [1.29, 1.82) is 0 Å². The third-order valence-electron chi connectivity index (χ3n) is 4.46. The molecule has 1 fully saturated rings. The van der Waals surface area contributed by atoms with Crippen LogP contribution in [0.15, 0.2) is 30.2 Å². The Bertz CT molecular complexity index is 837. The number of hydrogen-bond donors (Lipinski definition) is 1. The lowest BCUT2D eigenvalue weighted by molar-refractivity contribution is -0.150. The predicted molar refractivity (Wildman–Crippen MR) is 89.8 cm³/mol. The van der Waals surface area contributed by atoms with Gasteiger partial charge < -0.3 is 9.45 Å². The Morgan fingerprint density at radius 2 is 2.08 bits per heavy atom. The van der Waals surface area contributed by atoms with Crippen LogP contribution >= 0.6 is 0 Å². The van der Waals surface area contributed by atoms with E-state index in [1.165, 1.54) is 11.9 Å². The Kier molecular flexibility index (Phi) is 4.21. The van der Waals surface area contributed by atoms with Crippen LogP contribution < -0.4 is 4.72 Å². The molecule has 2 aliphatic heterocycles. The first kappa shape index (κ1) is 17.3. The highest BCUT2D eigenvalue weighted by Crippen LogP contribution is 2.33. The summed E-state index contributed by atoms with van der Waals surface area (Å²) in [5, 5.41) is 0.784. The molecule has 0 aromatic heterocycles. The number of sulfonamides is 1. The second-order valence-corrected chi connectivity index (χ2v) is 7.55. The fourth-order valence-electron chi connectivity index (χ4n) is 3.08. The molecule has 25 heavy (non-hydrogen) atoms. The molecule has 9 heteroatoms. The number of imide groups is 1. The summed E-state index contributed by atoms with van der Waals surface area (Å²) in [7, 11) is -2.32. The van der Waals surface area contributed by atoms with Crippen molar-refractivity contribution in [2.45, 2.75) is 25.4 Å². The summed E-state index contributed by atoms with van der Waals surface area (Å²) in [5.41, 5.74) is 1.13. The van der Waals surface area contributed by atoms with Gasteiger partial charge in [-0.1, -0.05) is 10.3 Å². The Balaban J connectivity index is 1.91. The maximum atomic E-state index is 12.7. The van der Waals surface area contributed by atoms with Crippen molar-refractivity contribution in [3.63, 3.8) is 0 Å². The summed E-state index contributed by atoms with van der Waals surface area (Å²) in [6, 6.07) is 3.98. The molecule has 3 amide bonds. The van der Waals surface area contributed by atoms with E-state index in [-0.39, 0.29) is 36.9 Å². The van der Waals surface area contributed by atoms with Gasteiger partial charge >= 0.3 is 0 Å². The number of hydrogen-bond acceptors (Lipinski definition) is 5. The molecule has 2 aliphatic rings. The van der Waals surface area contributed by atoms with Crippen LogP contribution in [0.3, 0.4) is 0 Å². The average molecular weight is 363 g/mol. The number of likely N-dealkylation sites (N-methyl/N-ethyl adjacent to an activating group) is 1. The molecule has 0 aliphatic carbocycles. The zero-order chi connectivity index (χ0) is 18.4. The summed E-state index contributed by atoms with van der Waals surface area (Å²) in [5.74, 6) is -1.05. The number of amides is 3. The van der Waals surface area contributed by atoms with Gasteiger partial charge in [-0.15, -0.1) is 0 Å². The van der Waals surface area contributed by atoms with Crippen molar-refractivity contribution < 1.29 is 23.1 Å². The number of likely N-dealkylation sites (tertiary alicyclic amines) is 1. The number of carbonyl (C=O) groups is 3. The van der Waals surface area contributed by atoms with Crippen LogP contribution in [-0.4, -0.2) is 45.2 Å². The van der Waals surface area contributed by atoms with Gasteiger partial charge in [-0.05, 0) is 25.1 Å². The Morgan fingerprint density at radius 1 is 1.36 bits per heavy atom. The van der Waals surface area contributed by atoms with E-state index in [0.717, 1.165) is 10.3 Å². The lowest BCUT2D eigenvalue weighted by Crippen LogP contribution is -2.53. The first-order valence-electron chi connectivity index (χ1n) is 7.63. The summed E-state index contributed by atoms with van der Waals surface area (Å²) < 4.78 is 25.8. The van der Waals surface area contributed by atoms with Gasteiger partial charge in [0, 0.05) is 31.1 Å². The molecule has 1 N–H and O–H groups in total. The van der Waals surface area contributed by atoms with Crippen LogP contribution in [0.25, 0.3) is 0 Å². The minimum atomic E-state index is -3.72. The quantitative estimate of drug-likeness (QED) is 0.631. The van der Waals surface area contributed by atoms with Crippen LogP contribution in [0.1, 0.15) is 28.8 Å². The van der Waals surface area contributed by atoms with Crippen LogP contribution in [0.4, 0.5) is 5.69 Å². The maximum Gasteiger partial charge on any atom is 0.255 e. The molecule has 2 unspecified atom stereocenters. The minimum absolute atomic E-state index is 0.0996. The third-order valence-corrected chi connectivity index (χ3v) is 5.41. The van der Waals surface area contributed by atoms with Crippen molar-refractivity contribution >= 4 is 33.8 Å². The zero-order valence-corrected chi connectivity index (χ0v) is 14.4. The number of nitrogens with one attached hydrogen (secondary N) is 1. The summed E-state index contributed by atoms with van der Waals surface area (Å²) >= 11 is 0. The molecule has 0 spiro atoms. The Labute approximate surface area is 145 Å². The Morgan fingerprint density at radius 3 is 2.76 bits per heavy atom. The number of benzene rings is 1. The molecule has 1 aromatic carbocycles. The summed E-state index contributed by atoms with van der Waals surface area (Å²) in [6.45, 7) is 3.34. The SMILES string of the molecule is C=C[S+](=O)([O-])Nc1cccc2c1CN(C1CCC(=O)N(C)C1=O)C2=O. The normalized spacial score (nSPS) is 22.6. The number of fused-ring (bicyclic) bond motifs is 1. The summed E-state index contributed by atoms with van der Waals surface area (Å²) in [4.78, 5) is 39.1. The van der Waals surface area contributed by atoms with Crippen LogP contribution in [-0.2, 0) is 30.7 Å². The Hall–Kier alpha value is -2.52. The molecule has 2 atom stereocenters. The van der Waals surface area contributed by atoms with E-state index in [2.05, 4.69) is 11.3 Å². The van der Waals surface area contributed by atoms with Crippen LogP contribution in [0.5, 0.6) is 0 Å². The van der Waals surface area contributed by atoms with Gasteiger partial charge in [-0.2, -0.15) is 0 Å². The standard InChI is InChI=1S/C16H17N3O5S/c1-3-25(23,24)17-12-6-4-5-10-11(12)9-19(15(10)21)13-7-8-14(20)18(2)16(13)22/h3-6,13H,1,7-9H2,2H3,(H-,17,23,24). The van der Waals surface area contributed by atoms with E-state index < -0.39 is 22.3 Å². The number of nitrogens with zero attached hydrogens (tertiary/aromatic N) is 2. The van der Waals surface area contributed by atoms with Crippen molar-refractivity contribution in [3.8, 4) is 0 Å². The zero-order valence-electron chi connectivity index (χ0n) is 13.6. The van der Waals surface area contributed by atoms with E-state index in [1.807, 2.05) is 0 Å². The van der Waals surface area contributed by atoms with Gasteiger partial charge in [0.15, 0.2) is 10.4 Å². The molecule has 8 nitrogen and oxygen atoms in total. The third kappa shape index (κ3) is 2.96. The minimum Gasteiger partial charge on any atom is -0.589 e. The maximum absolute atomic E-state index is 12.7. The number of rotatable bonds is 4. The highest BCUT2D eigenvalue weighted by atomic mass is 32.3. The molecule has 0 bridgehead atoms. The highest BCUT2D eigenvalue weighted by Gasteiger charge is 2.42. The van der Waals surface area contributed by atoms with E-state index in [9.17, 15) is 23.1 Å². The lowest BCUT2D eigenvalue weighted by atomic mass is 10.0. The van der Waals surface area contributed by atoms with Gasteiger partial charge in [0.1, 0.15) is 11.4 Å². The van der Waals surface area contributed by atoms with Crippen molar-refractivity contribution in [2.24, 2.45) is 0 Å². The largest absolute Gasteiger partial charge is 0.589 e. The summed E-state index contributed by atoms with van der Waals surface area (Å²) in [6.07, 6.45) is 0.443. The smallest absolute Gasteiger partial charge is 0.255 e. The topological polar surface area (TPSA) is 110 Å². The van der Waals surface area contributed by atoms with E-state index >= 15 is 0 Å². The highest BCUT2D eigenvalue weighted by molar-refractivity contribution is 8.01. The van der Waals surface area contributed by atoms with E-state index in [4.69, 9.17) is 0 Å². The van der Waals surface area contributed by atoms with Gasteiger partial charge in [-0.25, -0.2) is 4.72 Å². The van der Waals surface area contributed by atoms with Crippen LogP contribution in [0.2, 0.25) is 0 Å². The second kappa shape index (κ2) is 6.08. The van der Waals surface area contributed by atoms with Gasteiger partial charge in [0.2, 0.25) is 5.91 Å². The number of carbonyl (C=O) groups excluding carboxylic acids is 3. The monoisotopic (exact) mass is 363 g/mol. The van der Waals surface area contributed by atoms with E-state index in [0.29, 0.717) is 11.1 Å². The molecule has 2 heterocycles. The molecule has 3 rings (SSSR count). The van der Waals surface area contributed by atoms with E-state index in [1.54, 1.807) is 18.2 Å². The molecular weight excluding hydrogens is 346 g/mol. The van der Waals surface area contributed by atoms with Gasteiger partial charge in [0.25, 0.3) is 11.8 Å². The van der Waals surface area contributed by atoms with Crippen LogP contribution in [0, 0.1) is 0 Å². The fourth-order valence-corrected chi connectivity index (χ4v) is 3.66. The fraction of sp³-hybridized carbons (Fsp3) is 0.312. The first-order chi connectivity index (χ1) is 11.7. The number of piperidine rings is 1.